The molecule has 6 nitrogen and oxygen atoms in total. The molecule has 0 saturated heterocycles. The summed E-state index contributed by atoms with van der Waals surface area (Å²) in [6, 6.07) is 25.9. The van der Waals surface area contributed by atoms with Crippen molar-refractivity contribution in [2.75, 3.05) is 6.61 Å². The Morgan fingerprint density at radius 1 is 0.742 bits per heavy atom. The molecular formula is C25H26N2O4. The molecule has 0 aromatic heterocycles. The number of ether oxygens (including phenoxy) is 2. The van der Waals surface area contributed by atoms with Crippen LogP contribution in [0.15, 0.2) is 84.9 Å². The van der Waals surface area contributed by atoms with E-state index in [1.165, 1.54) is 0 Å². The Labute approximate surface area is 182 Å². The monoisotopic (exact) mass is 418 g/mol. The molecule has 0 heterocycles. The zero-order valence-corrected chi connectivity index (χ0v) is 17.6. The molecule has 3 rings (SSSR count). The molecule has 160 valence electrons. The SMILES string of the molecule is CCOc1ccc(OC(C)C(=O)NNC(=O)C(c2ccccc2)c2ccccc2)cc1. The standard InChI is InChI=1S/C25H26N2O4/c1-3-30-21-14-16-22(17-15-21)31-18(2)24(28)26-27-25(29)23(19-10-6-4-7-11-19)20-12-8-5-9-13-20/h4-18,23H,3H2,1-2H3,(H,26,28)(H,27,29). The van der Waals surface area contributed by atoms with E-state index < -0.39 is 17.9 Å². The molecule has 0 radical (unpaired) electrons. The number of amides is 2. The minimum atomic E-state index is -0.801. The molecule has 3 aromatic carbocycles. The van der Waals surface area contributed by atoms with Gasteiger partial charge in [-0.2, -0.15) is 0 Å². The third-order valence-electron chi connectivity index (χ3n) is 4.65. The summed E-state index contributed by atoms with van der Waals surface area (Å²) in [6.07, 6.45) is -0.801. The van der Waals surface area contributed by atoms with E-state index in [1.807, 2.05) is 67.6 Å². The molecule has 0 saturated carbocycles. The van der Waals surface area contributed by atoms with Crippen LogP contribution in [0.25, 0.3) is 0 Å². The third kappa shape index (κ3) is 6.09. The second kappa shape index (κ2) is 10.8. The minimum Gasteiger partial charge on any atom is -0.494 e. The van der Waals surface area contributed by atoms with Crippen molar-refractivity contribution in [3.63, 3.8) is 0 Å². The summed E-state index contributed by atoms with van der Waals surface area (Å²) in [4.78, 5) is 25.4. The van der Waals surface area contributed by atoms with E-state index in [0.717, 1.165) is 16.9 Å². The highest BCUT2D eigenvalue weighted by Gasteiger charge is 2.24. The van der Waals surface area contributed by atoms with Crippen molar-refractivity contribution >= 4 is 11.8 Å². The van der Waals surface area contributed by atoms with Crippen LogP contribution in [0, 0.1) is 0 Å². The van der Waals surface area contributed by atoms with Gasteiger partial charge in [-0.05, 0) is 49.2 Å². The van der Waals surface area contributed by atoms with Crippen molar-refractivity contribution in [2.24, 2.45) is 0 Å². The van der Waals surface area contributed by atoms with Gasteiger partial charge in [-0.15, -0.1) is 0 Å². The van der Waals surface area contributed by atoms with Gasteiger partial charge in [0.2, 0.25) is 5.91 Å². The number of hydrogen-bond donors (Lipinski definition) is 2. The average molecular weight is 418 g/mol. The smallest absolute Gasteiger partial charge is 0.279 e. The van der Waals surface area contributed by atoms with Gasteiger partial charge < -0.3 is 9.47 Å². The first kappa shape index (κ1) is 21.9. The maximum Gasteiger partial charge on any atom is 0.279 e. The zero-order chi connectivity index (χ0) is 22.1. The van der Waals surface area contributed by atoms with Crippen LogP contribution in [0.2, 0.25) is 0 Å². The van der Waals surface area contributed by atoms with Crippen LogP contribution in [-0.4, -0.2) is 24.5 Å². The van der Waals surface area contributed by atoms with E-state index in [-0.39, 0.29) is 5.91 Å². The molecule has 2 N–H and O–H groups in total. The second-order valence-corrected chi connectivity index (χ2v) is 6.90. The van der Waals surface area contributed by atoms with Crippen molar-refractivity contribution in [2.45, 2.75) is 25.9 Å². The summed E-state index contributed by atoms with van der Waals surface area (Å²) < 4.78 is 11.0. The Balaban J connectivity index is 1.61. The van der Waals surface area contributed by atoms with E-state index >= 15 is 0 Å². The van der Waals surface area contributed by atoms with Crippen molar-refractivity contribution in [1.82, 2.24) is 10.9 Å². The van der Waals surface area contributed by atoms with Gasteiger partial charge in [0, 0.05) is 0 Å². The molecule has 0 fully saturated rings. The molecule has 6 heteroatoms. The minimum absolute atomic E-state index is 0.334. The highest BCUT2D eigenvalue weighted by atomic mass is 16.5. The van der Waals surface area contributed by atoms with Crippen LogP contribution in [0.1, 0.15) is 30.9 Å². The number of carbonyl (C=O) groups excluding carboxylic acids is 2. The number of nitrogens with one attached hydrogen (secondary N) is 2. The molecule has 3 aromatic rings. The summed E-state index contributed by atoms with van der Waals surface area (Å²) >= 11 is 0. The van der Waals surface area contributed by atoms with Crippen LogP contribution in [0.5, 0.6) is 11.5 Å². The second-order valence-electron chi connectivity index (χ2n) is 6.90. The van der Waals surface area contributed by atoms with Crippen molar-refractivity contribution in [3.8, 4) is 11.5 Å². The first-order valence-electron chi connectivity index (χ1n) is 10.2. The van der Waals surface area contributed by atoms with Crippen LogP contribution in [0.3, 0.4) is 0 Å². The Hall–Kier alpha value is -3.80. The Bertz CT molecular complexity index is 936. The first-order valence-corrected chi connectivity index (χ1v) is 10.2. The van der Waals surface area contributed by atoms with Gasteiger partial charge in [0.15, 0.2) is 6.10 Å². The molecule has 1 atom stereocenters. The van der Waals surface area contributed by atoms with E-state index in [2.05, 4.69) is 10.9 Å². The van der Waals surface area contributed by atoms with E-state index in [4.69, 9.17) is 9.47 Å². The fraction of sp³-hybridized carbons (Fsp3) is 0.200. The lowest BCUT2D eigenvalue weighted by Gasteiger charge is -2.20. The number of hydrazine groups is 1. The Kier molecular flexibility index (Phi) is 7.65. The van der Waals surface area contributed by atoms with Gasteiger partial charge in [-0.3, -0.25) is 20.4 Å². The maximum atomic E-state index is 12.9. The average Bonchev–Trinajstić information content (AvgIpc) is 2.80. The summed E-state index contributed by atoms with van der Waals surface area (Å²) in [7, 11) is 0. The summed E-state index contributed by atoms with van der Waals surface area (Å²) in [5.41, 5.74) is 6.66. The zero-order valence-electron chi connectivity index (χ0n) is 17.6. The van der Waals surface area contributed by atoms with Gasteiger partial charge in [0.25, 0.3) is 5.91 Å². The molecule has 31 heavy (non-hydrogen) atoms. The van der Waals surface area contributed by atoms with Gasteiger partial charge in [-0.25, -0.2) is 0 Å². The van der Waals surface area contributed by atoms with Crippen molar-refractivity contribution < 1.29 is 19.1 Å². The largest absolute Gasteiger partial charge is 0.494 e. The lowest BCUT2D eigenvalue weighted by atomic mass is 9.91. The predicted octanol–water partition coefficient (Wildman–Crippen LogP) is 3.83. The highest BCUT2D eigenvalue weighted by molar-refractivity contribution is 5.90. The van der Waals surface area contributed by atoms with Crippen LogP contribution < -0.4 is 20.3 Å². The maximum absolute atomic E-state index is 12.9. The number of rotatable bonds is 8. The molecule has 0 aliphatic carbocycles. The normalized spacial score (nSPS) is 11.5. The molecule has 0 aliphatic heterocycles. The van der Waals surface area contributed by atoms with Crippen molar-refractivity contribution in [1.29, 1.82) is 0 Å². The van der Waals surface area contributed by atoms with Gasteiger partial charge in [-0.1, -0.05) is 60.7 Å². The third-order valence-corrected chi connectivity index (χ3v) is 4.65. The lowest BCUT2D eigenvalue weighted by molar-refractivity contribution is -0.133. The van der Waals surface area contributed by atoms with Gasteiger partial charge in [0.05, 0.1) is 12.5 Å². The van der Waals surface area contributed by atoms with Gasteiger partial charge >= 0.3 is 0 Å². The van der Waals surface area contributed by atoms with E-state index in [0.29, 0.717) is 12.4 Å². The molecule has 0 bridgehead atoms. The van der Waals surface area contributed by atoms with Crippen molar-refractivity contribution in [3.05, 3.63) is 96.1 Å². The van der Waals surface area contributed by atoms with Crippen LogP contribution >= 0.6 is 0 Å². The molecule has 0 aliphatic rings. The molecule has 1 unspecified atom stereocenters. The molecule has 0 spiro atoms. The van der Waals surface area contributed by atoms with E-state index in [1.54, 1.807) is 31.2 Å². The quantitative estimate of drug-likeness (QED) is 0.545. The van der Waals surface area contributed by atoms with E-state index in [9.17, 15) is 9.59 Å². The topological polar surface area (TPSA) is 76.7 Å². The predicted molar refractivity (Wildman–Crippen MR) is 119 cm³/mol. The fourth-order valence-corrected chi connectivity index (χ4v) is 3.12. The fourth-order valence-electron chi connectivity index (χ4n) is 3.12. The molecular weight excluding hydrogens is 392 g/mol. The van der Waals surface area contributed by atoms with Crippen LogP contribution in [0.4, 0.5) is 0 Å². The Morgan fingerprint density at radius 3 is 1.74 bits per heavy atom. The summed E-state index contributed by atoms with van der Waals surface area (Å²) in [6.45, 7) is 4.10. The van der Waals surface area contributed by atoms with Gasteiger partial charge in [0.1, 0.15) is 11.5 Å². The first-order chi connectivity index (χ1) is 15.1. The van der Waals surface area contributed by atoms with Crippen LogP contribution in [-0.2, 0) is 9.59 Å². The highest BCUT2D eigenvalue weighted by Crippen LogP contribution is 2.24. The Morgan fingerprint density at radius 2 is 1.23 bits per heavy atom. The summed E-state index contributed by atoms with van der Waals surface area (Å²) in [5.74, 6) is -0.0814. The summed E-state index contributed by atoms with van der Waals surface area (Å²) in [5, 5.41) is 0. The number of benzene rings is 3. The number of hydrogen-bond acceptors (Lipinski definition) is 4. The lowest BCUT2D eigenvalue weighted by Crippen LogP contribution is -2.48. The molecule has 2 amide bonds. The number of carbonyl (C=O) groups is 2.